The van der Waals surface area contributed by atoms with Gasteiger partial charge in [0.1, 0.15) is 0 Å². The molecule has 2 aromatic carbocycles. The lowest BCUT2D eigenvalue weighted by Crippen LogP contribution is -2.28. The number of amides is 2. The topological polar surface area (TPSA) is 67.9 Å². The second kappa shape index (κ2) is 7.70. The molecule has 1 unspecified atom stereocenters. The summed E-state index contributed by atoms with van der Waals surface area (Å²) < 4.78 is 10.5. The number of hydrogen-bond acceptors (Lipinski definition) is 4. The van der Waals surface area contributed by atoms with Gasteiger partial charge in [-0.05, 0) is 43.2 Å². The smallest absolute Gasteiger partial charge is 0.229 e. The summed E-state index contributed by atoms with van der Waals surface area (Å²) in [6, 6.07) is 11.1. The summed E-state index contributed by atoms with van der Waals surface area (Å²) in [4.78, 5) is 26.9. The Morgan fingerprint density at radius 2 is 1.85 bits per heavy atom. The highest BCUT2D eigenvalue weighted by molar-refractivity contribution is 6.04. The zero-order valence-electron chi connectivity index (χ0n) is 16.0. The third-order valence-electron chi connectivity index (χ3n) is 5.01. The van der Waals surface area contributed by atoms with Crippen molar-refractivity contribution in [3.8, 4) is 11.5 Å². The summed E-state index contributed by atoms with van der Waals surface area (Å²) in [5.74, 6) is 0.521. The summed E-state index contributed by atoms with van der Waals surface area (Å²) in [5.41, 5.74) is 3.67. The number of methoxy groups -OCH3 is 2. The van der Waals surface area contributed by atoms with Crippen molar-refractivity contribution in [1.29, 1.82) is 0 Å². The first-order valence-electron chi connectivity index (χ1n) is 8.84. The van der Waals surface area contributed by atoms with Crippen LogP contribution >= 0.6 is 0 Å². The Morgan fingerprint density at radius 1 is 1.11 bits per heavy atom. The van der Waals surface area contributed by atoms with Crippen molar-refractivity contribution < 1.29 is 19.1 Å². The van der Waals surface area contributed by atoms with Crippen LogP contribution in [0, 0.1) is 19.8 Å². The van der Waals surface area contributed by atoms with Crippen LogP contribution in [0.15, 0.2) is 36.4 Å². The van der Waals surface area contributed by atoms with E-state index in [-0.39, 0.29) is 18.2 Å². The van der Waals surface area contributed by atoms with Crippen LogP contribution in [0.3, 0.4) is 0 Å². The van der Waals surface area contributed by atoms with Gasteiger partial charge < -0.3 is 19.7 Å². The highest BCUT2D eigenvalue weighted by atomic mass is 16.5. The van der Waals surface area contributed by atoms with Crippen molar-refractivity contribution >= 4 is 23.2 Å². The fraction of sp³-hybridized carbons (Fsp3) is 0.333. The van der Waals surface area contributed by atoms with Crippen LogP contribution in [0.25, 0.3) is 0 Å². The van der Waals surface area contributed by atoms with Gasteiger partial charge in [-0.1, -0.05) is 12.1 Å². The number of benzene rings is 2. The molecule has 142 valence electrons. The van der Waals surface area contributed by atoms with Gasteiger partial charge in [0.2, 0.25) is 11.8 Å². The van der Waals surface area contributed by atoms with E-state index >= 15 is 0 Å². The lowest BCUT2D eigenvalue weighted by Gasteiger charge is -2.20. The van der Waals surface area contributed by atoms with Gasteiger partial charge in [0.05, 0.1) is 20.1 Å². The number of hydrogen-bond donors (Lipinski definition) is 1. The van der Waals surface area contributed by atoms with Gasteiger partial charge in [-0.2, -0.15) is 0 Å². The van der Waals surface area contributed by atoms with Crippen molar-refractivity contribution in [2.24, 2.45) is 5.92 Å². The minimum Gasteiger partial charge on any atom is -0.493 e. The second-order valence-electron chi connectivity index (χ2n) is 6.68. The standard InChI is InChI=1S/C21H24N2O4/c1-13-6-5-7-17(14(13)2)23-12-15(10-20(23)24)21(25)22-16-8-9-18(26-3)19(11-16)27-4/h5-9,11,15H,10,12H2,1-4H3,(H,22,25). The molecule has 0 bridgehead atoms. The van der Waals surface area contributed by atoms with Crippen LogP contribution in [0.4, 0.5) is 11.4 Å². The van der Waals surface area contributed by atoms with Gasteiger partial charge in [-0.25, -0.2) is 0 Å². The molecule has 0 saturated carbocycles. The Bertz CT molecular complexity index is 878. The van der Waals surface area contributed by atoms with Crippen LogP contribution in [0.2, 0.25) is 0 Å². The lowest BCUT2D eigenvalue weighted by molar-refractivity contribution is -0.122. The van der Waals surface area contributed by atoms with Crippen LogP contribution < -0.4 is 19.7 Å². The molecule has 0 radical (unpaired) electrons. The summed E-state index contributed by atoms with van der Waals surface area (Å²) in [6.45, 7) is 4.39. The van der Waals surface area contributed by atoms with Crippen LogP contribution in [-0.2, 0) is 9.59 Å². The molecule has 3 rings (SSSR count). The molecule has 6 nitrogen and oxygen atoms in total. The predicted octanol–water partition coefficient (Wildman–Crippen LogP) is 3.31. The van der Waals surface area contributed by atoms with E-state index in [1.54, 1.807) is 37.3 Å². The molecule has 1 heterocycles. The maximum atomic E-state index is 12.7. The molecular weight excluding hydrogens is 344 g/mol. The Balaban J connectivity index is 1.73. The third kappa shape index (κ3) is 3.74. The Morgan fingerprint density at radius 3 is 2.56 bits per heavy atom. The van der Waals surface area contributed by atoms with Gasteiger partial charge in [0.15, 0.2) is 11.5 Å². The van der Waals surface area contributed by atoms with Gasteiger partial charge >= 0.3 is 0 Å². The van der Waals surface area contributed by atoms with Crippen molar-refractivity contribution in [1.82, 2.24) is 0 Å². The van der Waals surface area contributed by atoms with Gasteiger partial charge in [0.25, 0.3) is 0 Å². The SMILES string of the molecule is COc1ccc(NC(=O)C2CC(=O)N(c3cccc(C)c3C)C2)cc1OC. The number of nitrogens with one attached hydrogen (secondary N) is 1. The first-order chi connectivity index (χ1) is 12.9. The number of aryl methyl sites for hydroxylation is 1. The van der Waals surface area contributed by atoms with Gasteiger partial charge in [0, 0.05) is 30.4 Å². The van der Waals surface area contributed by atoms with E-state index in [0.717, 1.165) is 16.8 Å². The molecular formula is C21H24N2O4. The molecule has 1 N–H and O–H groups in total. The molecule has 0 aliphatic carbocycles. The van der Waals surface area contributed by atoms with E-state index in [1.807, 2.05) is 32.0 Å². The molecule has 6 heteroatoms. The molecule has 0 aromatic heterocycles. The van der Waals surface area contributed by atoms with Crippen LogP contribution in [0.5, 0.6) is 11.5 Å². The van der Waals surface area contributed by atoms with Crippen molar-refractivity contribution in [3.63, 3.8) is 0 Å². The molecule has 2 amide bonds. The first-order valence-corrected chi connectivity index (χ1v) is 8.84. The van der Waals surface area contributed by atoms with Crippen LogP contribution in [0.1, 0.15) is 17.5 Å². The van der Waals surface area contributed by atoms with Gasteiger partial charge in [-0.3, -0.25) is 9.59 Å². The molecule has 1 atom stereocenters. The average Bonchev–Trinajstić information content (AvgIpc) is 3.05. The van der Waals surface area contributed by atoms with E-state index in [9.17, 15) is 9.59 Å². The fourth-order valence-corrected chi connectivity index (χ4v) is 3.30. The number of rotatable bonds is 5. The number of carbonyl (C=O) groups is 2. The average molecular weight is 368 g/mol. The number of ether oxygens (including phenoxy) is 2. The maximum absolute atomic E-state index is 12.7. The highest BCUT2D eigenvalue weighted by Crippen LogP contribution is 2.32. The summed E-state index contributed by atoms with van der Waals surface area (Å²) in [7, 11) is 3.10. The van der Waals surface area contributed by atoms with E-state index < -0.39 is 5.92 Å². The minimum absolute atomic E-state index is 0.0313. The van der Waals surface area contributed by atoms with E-state index in [0.29, 0.717) is 23.7 Å². The number of anilines is 2. The largest absolute Gasteiger partial charge is 0.493 e. The zero-order valence-corrected chi connectivity index (χ0v) is 16.0. The monoisotopic (exact) mass is 368 g/mol. The van der Waals surface area contributed by atoms with E-state index in [4.69, 9.17) is 9.47 Å². The Hall–Kier alpha value is -3.02. The third-order valence-corrected chi connectivity index (χ3v) is 5.01. The predicted molar refractivity (Wildman–Crippen MR) is 105 cm³/mol. The van der Waals surface area contributed by atoms with Crippen LogP contribution in [-0.4, -0.2) is 32.6 Å². The van der Waals surface area contributed by atoms with Crippen molar-refractivity contribution in [2.45, 2.75) is 20.3 Å². The highest BCUT2D eigenvalue weighted by Gasteiger charge is 2.35. The first kappa shape index (κ1) is 18.8. The van der Waals surface area contributed by atoms with Crippen molar-refractivity contribution in [2.75, 3.05) is 31.0 Å². The normalized spacial score (nSPS) is 16.4. The Labute approximate surface area is 159 Å². The summed E-state index contributed by atoms with van der Waals surface area (Å²) in [6.07, 6.45) is 0.201. The molecule has 1 fully saturated rings. The van der Waals surface area contributed by atoms with Crippen molar-refractivity contribution in [3.05, 3.63) is 47.5 Å². The summed E-state index contributed by atoms with van der Waals surface area (Å²) in [5, 5.41) is 2.88. The maximum Gasteiger partial charge on any atom is 0.229 e. The number of nitrogens with zero attached hydrogens (tertiary/aromatic N) is 1. The molecule has 27 heavy (non-hydrogen) atoms. The molecule has 2 aromatic rings. The summed E-state index contributed by atoms with van der Waals surface area (Å²) >= 11 is 0. The molecule has 1 aliphatic heterocycles. The Kier molecular flexibility index (Phi) is 5.35. The molecule has 1 saturated heterocycles. The number of carbonyl (C=O) groups excluding carboxylic acids is 2. The molecule has 0 spiro atoms. The molecule has 1 aliphatic rings. The van der Waals surface area contributed by atoms with E-state index in [2.05, 4.69) is 5.32 Å². The second-order valence-corrected chi connectivity index (χ2v) is 6.68. The lowest BCUT2D eigenvalue weighted by atomic mass is 10.1. The quantitative estimate of drug-likeness (QED) is 0.879. The van der Waals surface area contributed by atoms with Gasteiger partial charge in [-0.15, -0.1) is 0 Å². The fourth-order valence-electron chi connectivity index (χ4n) is 3.30. The van der Waals surface area contributed by atoms with E-state index in [1.165, 1.54) is 0 Å². The zero-order chi connectivity index (χ0) is 19.6. The minimum atomic E-state index is -0.398.